The minimum atomic E-state index is -0.281. The Balaban J connectivity index is 2.33. The Hall–Kier alpha value is -1.62. The molecular formula is C11H9BrN2O2. The highest BCUT2D eigenvalue weighted by Crippen LogP contribution is 2.10. The molecule has 1 aromatic heterocycles. The lowest BCUT2D eigenvalue weighted by molar-refractivity contribution is 0.627. The Morgan fingerprint density at radius 2 is 1.75 bits per heavy atom. The molecule has 2 aromatic rings. The normalized spacial score (nSPS) is 10.3. The molecule has 1 N–H and O–H groups in total. The van der Waals surface area contributed by atoms with Crippen molar-refractivity contribution in [1.29, 1.82) is 0 Å². The van der Waals surface area contributed by atoms with Crippen LogP contribution in [0.15, 0.2) is 50.5 Å². The number of halogens is 1. The number of benzene rings is 1. The van der Waals surface area contributed by atoms with E-state index in [1.807, 2.05) is 24.3 Å². The van der Waals surface area contributed by atoms with Gasteiger partial charge in [-0.15, -0.1) is 0 Å². The lowest BCUT2D eigenvalue weighted by Crippen LogP contribution is -2.28. The molecule has 0 unspecified atom stereocenters. The summed E-state index contributed by atoms with van der Waals surface area (Å²) in [6.07, 6.45) is 0. The van der Waals surface area contributed by atoms with E-state index in [4.69, 9.17) is 0 Å². The van der Waals surface area contributed by atoms with Gasteiger partial charge in [-0.2, -0.15) is 0 Å². The predicted molar refractivity (Wildman–Crippen MR) is 64.6 cm³/mol. The fraction of sp³-hybridized carbons (Fsp3) is 0.0909. The summed E-state index contributed by atoms with van der Waals surface area (Å²) in [7, 11) is 0. The van der Waals surface area contributed by atoms with Crippen LogP contribution in [0.25, 0.3) is 0 Å². The Bertz CT molecular complexity index is 598. The van der Waals surface area contributed by atoms with E-state index in [1.165, 1.54) is 16.8 Å². The first kappa shape index (κ1) is 10.9. The number of hydrogen-bond acceptors (Lipinski definition) is 2. The van der Waals surface area contributed by atoms with Crippen LogP contribution in [0, 0.1) is 0 Å². The number of H-pyrrole nitrogens is 1. The average Bonchev–Trinajstić information content (AvgIpc) is 2.27. The number of aromatic amines is 1. The predicted octanol–water partition coefficient (Wildman–Crippen LogP) is 1.35. The molecule has 16 heavy (non-hydrogen) atoms. The molecular weight excluding hydrogens is 272 g/mol. The summed E-state index contributed by atoms with van der Waals surface area (Å²) in [6, 6.07) is 10.0. The third kappa shape index (κ3) is 2.49. The molecule has 0 fully saturated rings. The van der Waals surface area contributed by atoms with Crippen molar-refractivity contribution in [2.45, 2.75) is 6.54 Å². The minimum Gasteiger partial charge on any atom is -0.268 e. The quantitative estimate of drug-likeness (QED) is 0.903. The van der Waals surface area contributed by atoms with Crippen molar-refractivity contribution in [3.63, 3.8) is 0 Å². The van der Waals surface area contributed by atoms with E-state index in [1.54, 1.807) is 0 Å². The molecule has 0 aliphatic rings. The van der Waals surface area contributed by atoms with E-state index >= 15 is 0 Å². The highest BCUT2D eigenvalue weighted by Gasteiger charge is 1.98. The lowest BCUT2D eigenvalue weighted by atomic mass is 10.2. The number of nitrogens with one attached hydrogen (secondary N) is 1. The van der Waals surface area contributed by atoms with Gasteiger partial charge in [-0.3, -0.25) is 14.7 Å². The molecule has 2 rings (SSSR count). The van der Waals surface area contributed by atoms with Gasteiger partial charge >= 0.3 is 0 Å². The van der Waals surface area contributed by atoms with Gasteiger partial charge in [-0.05, 0) is 17.7 Å². The summed E-state index contributed by atoms with van der Waals surface area (Å²) in [4.78, 5) is 22.5. The van der Waals surface area contributed by atoms with Crippen LogP contribution in [0.4, 0.5) is 0 Å². The summed E-state index contributed by atoms with van der Waals surface area (Å²) >= 11 is 3.33. The average molecular weight is 281 g/mol. The zero-order chi connectivity index (χ0) is 11.5. The van der Waals surface area contributed by atoms with E-state index in [0.717, 1.165) is 10.0 Å². The van der Waals surface area contributed by atoms with E-state index < -0.39 is 0 Å². The van der Waals surface area contributed by atoms with Gasteiger partial charge in [0.25, 0.3) is 11.1 Å². The Labute approximate surface area is 99.7 Å². The zero-order valence-electron chi connectivity index (χ0n) is 8.31. The van der Waals surface area contributed by atoms with Crippen LogP contribution >= 0.6 is 15.9 Å². The Morgan fingerprint density at radius 1 is 1.06 bits per heavy atom. The molecule has 4 nitrogen and oxygen atoms in total. The second-order valence-corrected chi connectivity index (χ2v) is 4.28. The van der Waals surface area contributed by atoms with Crippen molar-refractivity contribution in [3.8, 4) is 0 Å². The number of rotatable bonds is 2. The molecule has 0 saturated carbocycles. The SMILES string of the molecule is O=c1ccc(=O)n(Cc2ccc(Br)cc2)[nH]1. The minimum absolute atomic E-state index is 0.220. The van der Waals surface area contributed by atoms with Gasteiger partial charge in [0.2, 0.25) is 0 Å². The molecule has 1 heterocycles. The third-order valence-electron chi connectivity index (χ3n) is 2.14. The second-order valence-electron chi connectivity index (χ2n) is 3.36. The molecule has 0 bridgehead atoms. The summed E-state index contributed by atoms with van der Waals surface area (Å²) < 4.78 is 2.26. The lowest BCUT2D eigenvalue weighted by Gasteiger charge is -2.04. The summed E-state index contributed by atoms with van der Waals surface area (Å²) in [5.41, 5.74) is 0.450. The van der Waals surface area contributed by atoms with Crippen molar-refractivity contribution >= 4 is 15.9 Å². The van der Waals surface area contributed by atoms with Gasteiger partial charge in [0.05, 0.1) is 6.54 Å². The van der Waals surface area contributed by atoms with Crippen LogP contribution in [0.2, 0.25) is 0 Å². The van der Waals surface area contributed by atoms with Gasteiger partial charge in [-0.1, -0.05) is 28.1 Å². The molecule has 0 spiro atoms. The summed E-state index contributed by atoms with van der Waals surface area (Å²) in [6.45, 7) is 0.363. The van der Waals surface area contributed by atoms with E-state index in [2.05, 4.69) is 21.0 Å². The van der Waals surface area contributed by atoms with Crippen LogP contribution in [0.1, 0.15) is 5.56 Å². The first-order valence-corrected chi connectivity index (χ1v) is 5.49. The largest absolute Gasteiger partial charge is 0.268 e. The molecule has 82 valence electrons. The smallest absolute Gasteiger partial charge is 0.265 e. The van der Waals surface area contributed by atoms with Crippen molar-refractivity contribution in [2.24, 2.45) is 0 Å². The summed E-state index contributed by atoms with van der Waals surface area (Å²) in [5.74, 6) is 0. The highest BCUT2D eigenvalue weighted by atomic mass is 79.9. The second kappa shape index (κ2) is 4.49. The molecule has 0 saturated heterocycles. The fourth-order valence-corrected chi connectivity index (χ4v) is 1.62. The molecule has 0 atom stereocenters. The van der Waals surface area contributed by atoms with Crippen LogP contribution in [0.3, 0.4) is 0 Å². The number of aromatic nitrogens is 2. The molecule has 0 aliphatic carbocycles. The zero-order valence-corrected chi connectivity index (χ0v) is 9.90. The fourth-order valence-electron chi connectivity index (χ4n) is 1.35. The maximum absolute atomic E-state index is 11.4. The van der Waals surface area contributed by atoms with Crippen LogP contribution in [-0.4, -0.2) is 9.78 Å². The van der Waals surface area contributed by atoms with E-state index in [0.29, 0.717) is 6.54 Å². The first-order valence-electron chi connectivity index (χ1n) is 4.70. The van der Waals surface area contributed by atoms with Crippen LogP contribution in [-0.2, 0) is 6.54 Å². The Morgan fingerprint density at radius 3 is 2.44 bits per heavy atom. The number of nitrogens with zero attached hydrogens (tertiary/aromatic N) is 1. The van der Waals surface area contributed by atoms with Gasteiger partial charge in [0.15, 0.2) is 0 Å². The standard InChI is InChI=1S/C11H9BrN2O2/c12-9-3-1-8(2-4-9)7-14-11(16)6-5-10(15)13-14/h1-6H,7H2,(H,13,15). The molecule has 0 radical (unpaired) electrons. The monoisotopic (exact) mass is 280 g/mol. The maximum atomic E-state index is 11.4. The van der Waals surface area contributed by atoms with Crippen molar-refractivity contribution in [2.75, 3.05) is 0 Å². The van der Waals surface area contributed by atoms with Gasteiger partial charge < -0.3 is 0 Å². The van der Waals surface area contributed by atoms with Gasteiger partial charge in [0, 0.05) is 16.6 Å². The van der Waals surface area contributed by atoms with E-state index in [-0.39, 0.29) is 11.1 Å². The maximum Gasteiger partial charge on any atom is 0.265 e. The van der Waals surface area contributed by atoms with Crippen LogP contribution < -0.4 is 11.1 Å². The molecule has 0 aliphatic heterocycles. The molecule has 0 amide bonds. The van der Waals surface area contributed by atoms with Crippen molar-refractivity contribution in [1.82, 2.24) is 9.78 Å². The van der Waals surface area contributed by atoms with Crippen molar-refractivity contribution in [3.05, 3.63) is 67.1 Å². The van der Waals surface area contributed by atoms with E-state index in [9.17, 15) is 9.59 Å². The Kier molecular flexibility index (Phi) is 3.05. The van der Waals surface area contributed by atoms with Crippen LogP contribution in [0.5, 0.6) is 0 Å². The van der Waals surface area contributed by atoms with Crippen molar-refractivity contribution < 1.29 is 0 Å². The molecule has 1 aromatic carbocycles. The van der Waals surface area contributed by atoms with Gasteiger partial charge in [0.1, 0.15) is 0 Å². The first-order chi connectivity index (χ1) is 7.65. The molecule has 5 heteroatoms. The third-order valence-corrected chi connectivity index (χ3v) is 2.67. The highest BCUT2D eigenvalue weighted by molar-refractivity contribution is 9.10. The van der Waals surface area contributed by atoms with Gasteiger partial charge in [-0.25, -0.2) is 4.68 Å². The topological polar surface area (TPSA) is 54.9 Å². The number of hydrogen-bond donors (Lipinski definition) is 1. The summed E-state index contributed by atoms with van der Waals surface area (Å²) in [5, 5.41) is 2.48.